The number of aldehydes is 1. The summed E-state index contributed by atoms with van der Waals surface area (Å²) in [6.07, 6.45) is 29.5. The summed E-state index contributed by atoms with van der Waals surface area (Å²) in [4.78, 5) is 20.3. The minimum atomic E-state index is -0.651. The summed E-state index contributed by atoms with van der Waals surface area (Å²) in [5.74, 6) is -0.582. The second-order valence-corrected chi connectivity index (χ2v) is 8.95. The first kappa shape index (κ1) is 36.4. The molecule has 0 fully saturated rings. The van der Waals surface area contributed by atoms with Crippen molar-refractivity contribution in [2.24, 2.45) is 5.92 Å². The number of hydrogen-bond donors (Lipinski definition) is 1. The van der Waals surface area contributed by atoms with Crippen LogP contribution in [0.15, 0.2) is 12.7 Å². The van der Waals surface area contributed by atoms with Crippen molar-refractivity contribution in [2.75, 3.05) is 0 Å². The molecule has 0 aromatic heterocycles. The van der Waals surface area contributed by atoms with E-state index in [1.807, 2.05) is 6.92 Å². The zero-order chi connectivity index (χ0) is 23.4. The van der Waals surface area contributed by atoms with Gasteiger partial charge < -0.3 is 9.90 Å². The Balaban J connectivity index is -0.000000903. The van der Waals surface area contributed by atoms with E-state index in [9.17, 15) is 9.59 Å². The molecule has 4 heteroatoms. The van der Waals surface area contributed by atoms with Crippen LogP contribution in [0.5, 0.6) is 0 Å². The van der Waals surface area contributed by atoms with Gasteiger partial charge in [-0.2, -0.15) is 0 Å². The van der Waals surface area contributed by atoms with Crippen molar-refractivity contribution in [3.05, 3.63) is 12.7 Å². The van der Waals surface area contributed by atoms with E-state index in [1.165, 1.54) is 109 Å². The van der Waals surface area contributed by atoms with E-state index in [1.54, 1.807) is 6.08 Å². The SMILES string of the molecule is C=CC(C=O)CC.CCCCCCCCCCCCCCCCCCCCCC(=O)O.[NaH]. The summed E-state index contributed by atoms with van der Waals surface area (Å²) >= 11 is 0. The zero-order valence-electron chi connectivity index (χ0n) is 21.1. The number of allylic oxidation sites excluding steroid dienone is 1. The maximum atomic E-state index is 10.4. The van der Waals surface area contributed by atoms with E-state index in [0.717, 1.165) is 25.5 Å². The average Bonchev–Trinajstić information content (AvgIpc) is 2.77. The van der Waals surface area contributed by atoms with Crippen LogP contribution in [0.3, 0.4) is 0 Å². The molecule has 0 aromatic rings. The van der Waals surface area contributed by atoms with Gasteiger partial charge in [0, 0.05) is 12.3 Å². The Bertz CT molecular complexity index is 377. The summed E-state index contributed by atoms with van der Waals surface area (Å²) in [6.45, 7) is 7.71. The molecule has 32 heavy (non-hydrogen) atoms. The molecule has 1 atom stereocenters. The summed E-state index contributed by atoms with van der Waals surface area (Å²) < 4.78 is 0. The zero-order valence-corrected chi connectivity index (χ0v) is 21.1. The van der Waals surface area contributed by atoms with E-state index in [4.69, 9.17) is 5.11 Å². The van der Waals surface area contributed by atoms with Crippen molar-refractivity contribution in [2.45, 2.75) is 149 Å². The number of rotatable bonds is 23. The molecule has 0 bridgehead atoms. The van der Waals surface area contributed by atoms with Gasteiger partial charge in [0.05, 0.1) is 0 Å². The van der Waals surface area contributed by atoms with Crippen LogP contribution in [0.1, 0.15) is 149 Å². The Kier molecular flexibility index (Phi) is 37.7. The first-order valence-corrected chi connectivity index (χ1v) is 13.4. The molecule has 0 radical (unpaired) electrons. The topological polar surface area (TPSA) is 54.4 Å². The molecule has 0 rings (SSSR count). The van der Waals surface area contributed by atoms with Crippen LogP contribution in [-0.4, -0.2) is 46.9 Å². The number of carbonyl (C=O) groups excluding carboxylic acids is 1. The monoisotopic (exact) mass is 462 g/mol. The number of unbranched alkanes of at least 4 members (excludes halogenated alkanes) is 18. The van der Waals surface area contributed by atoms with Crippen molar-refractivity contribution in [1.82, 2.24) is 0 Å². The molecule has 0 aliphatic rings. The van der Waals surface area contributed by atoms with E-state index in [0.29, 0.717) is 6.42 Å². The maximum absolute atomic E-state index is 10.4. The summed E-state index contributed by atoms with van der Waals surface area (Å²) in [6, 6.07) is 0. The Morgan fingerprint density at radius 1 is 0.688 bits per heavy atom. The third-order valence-electron chi connectivity index (χ3n) is 5.94. The second-order valence-electron chi connectivity index (χ2n) is 8.95. The molecule has 0 aromatic carbocycles. The summed E-state index contributed by atoms with van der Waals surface area (Å²) in [5, 5.41) is 8.56. The van der Waals surface area contributed by atoms with Crippen LogP contribution >= 0.6 is 0 Å². The Labute approximate surface area is 222 Å². The first-order chi connectivity index (χ1) is 15.1. The van der Waals surface area contributed by atoms with Gasteiger partial charge >= 0.3 is 35.5 Å². The summed E-state index contributed by atoms with van der Waals surface area (Å²) in [5.41, 5.74) is 0. The molecule has 0 saturated carbocycles. The van der Waals surface area contributed by atoms with Gasteiger partial charge in [-0.1, -0.05) is 135 Å². The molecular weight excluding hydrogens is 407 g/mol. The third-order valence-corrected chi connectivity index (χ3v) is 5.94. The van der Waals surface area contributed by atoms with Gasteiger partial charge in [-0.3, -0.25) is 4.79 Å². The number of carbonyl (C=O) groups is 2. The molecule has 186 valence electrons. The number of carboxylic acid groups (broad SMARTS) is 1. The molecule has 0 aliphatic carbocycles. The molecule has 3 nitrogen and oxygen atoms in total. The normalized spacial score (nSPS) is 11.1. The molecule has 0 amide bonds. The Morgan fingerprint density at radius 2 is 1.00 bits per heavy atom. The van der Waals surface area contributed by atoms with Gasteiger partial charge in [0.25, 0.3) is 0 Å². The Hall–Kier alpha value is -0.120. The molecule has 0 heterocycles. The number of carboxylic acids is 1. The van der Waals surface area contributed by atoms with Crippen LogP contribution in [0.4, 0.5) is 0 Å². The van der Waals surface area contributed by atoms with Crippen LogP contribution in [0.2, 0.25) is 0 Å². The van der Waals surface area contributed by atoms with Crippen LogP contribution in [0.25, 0.3) is 0 Å². The van der Waals surface area contributed by atoms with Crippen LogP contribution in [-0.2, 0) is 9.59 Å². The van der Waals surface area contributed by atoms with Gasteiger partial charge in [-0.05, 0) is 12.8 Å². The van der Waals surface area contributed by atoms with Gasteiger partial charge in [-0.15, -0.1) is 6.58 Å². The standard InChI is InChI=1S/C22H44O2.C6H10O.Na.H/c1-2-3-4-5-6-7-8-9-10-11-12-13-14-15-16-17-18-19-20-21-22(23)24;1-3-6(4-2)5-7;;/h2-21H2,1H3,(H,23,24);3,5-6H,1,4H2,2H3;;. The van der Waals surface area contributed by atoms with E-state index in [2.05, 4.69) is 13.5 Å². The van der Waals surface area contributed by atoms with Gasteiger partial charge in [0.1, 0.15) is 6.29 Å². The fraction of sp³-hybridized carbons (Fsp3) is 0.857. The van der Waals surface area contributed by atoms with Crippen LogP contribution in [0, 0.1) is 5.92 Å². The predicted molar refractivity (Wildman–Crippen MR) is 143 cm³/mol. The molecule has 1 N–H and O–H groups in total. The molecular formula is C28H55NaO3. The van der Waals surface area contributed by atoms with E-state index < -0.39 is 5.97 Å². The quantitative estimate of drug-likeness (QED) is 0.0715. The van der Waals surface area contributed by atoms with Crippen LogP contribution < -0.4 is 0 Å². The van der Waals surface area contributed by atoms with Gasteiger partial charge in [0.15, 0.2) is 0 Å². The van der Waals surface area contributed by atoms with Crippen molar-refractivity contribution in [1.29, 1.82) is 0 Å². The average molecular weight is 463 g/mol. The third kappa shape index (κ3) is 34.5. The molecule has 0 saturated heterocycles. The first-order valence-electron chi connectivity index (χ1n) is 13.4. The van der Waals surface area contributed by atoms with Crippen molar-refractivity contribution < 1.29 is 14.7 Å². The van der Waals surface area contributed by atoms with Crippen molar-refractivity contribution >= 4 is 41.8 Å². The summed E-state index contributed by atoms with van der Waals surface area (Å²) in [7, 11) is 0. The Morgan fingerprint density at radius 3 is 1.19 bits per heavy atom. The molecule has 0 spiro atoms. The predicted octanol–water partition coefficient (Wildman–Crippen LogP) is 8.64. The van der Waals surface area contributed by atoms with E-state index in [-0.39, 0.29) is 35.5 Å². The van der Waals surface area contributed by atoms with Crippen molar-refractivity contribution in [3.63, 3.8) is 0 Å². The fourth-order valence-electron chi connectivity index (χ4n) is 3.67. The fourth-order valence-corrected chi connectivity index (χ4v) is 3.67. The molecule has 0 aliphatic heterocycles. The van der Waals surface area contributed by atoms with Crippen molar-refractivity contribution in [3.8, 4) is 0 Å². The number of aliphatic carboxylic acids is 1. The minimum absolute atomic E-state index is 0. The van der Waals surface area contributed by atoms with E-state index >= 15 is 0 Å². The van der Waals surface area contributed by atoms with Gasteiger partial charge in [-0.25, -0.2) is 0 Å². The number of hydrogen-bond acceptors (Lipinski definition) is 2. The second kappa shape index (κ2) is 33.1. The van der Waals surface area contributed by atoms with Gasteiger partial charge in [0.2, 0.25) is 0 Å². The molecule has 1 unspecified atom stereocenters.